The van der Waals surface area contributed by atoms with Crippen LogP contribution in [0.5, 0.6) is 0 Å². The molecule has 0 spiro atoms. The summed E-state index contributed by atoms with van der Waals surface area (Å²) in [5, 5.41) is 0. The van der Waals surface area contributed by atoms with E-state index in [0.717, 1.165) is 0 Å². The van der Waals surface area contributed by atoms with Crippen molar-refractivity contribution >= 4 is 0 Å². The Labute approximate surface area is 145 Å². The summed E-state index contributed by atoms with van der Waals surface area (Å²) in [5.41, 5.74) is 0. The summed E-state index contributed by atoms with van der Waals surface area (Å²) in [7, 11) is 0. The maximum absolute atomic E-state index is 0. The summed E-state index contributed by atoms with van der Waals surface area (Å²) in [6, 6.07) is 0. The van der Waals surface area contributed by atoms with Crippen LogP contribution in [0, 0.1) is 0 Å². The zero-order valence-corrected chi connectivity index (χ0v) is 13.8. The summed E-state index contributed by atoms with van der Waals surface area (Å²) in [5.74, 6) is 0. The van der Waals surface area contributed by atoms with Gasteiger partial charge in [0.1, 0.15) is 0 Å². The van der Waals surface area contributed by atoms with Crippen LogP contribution in [0.1, 0.15) is 0 Å². The standard InChI is InChI=1S/7H2O.5Ti/h7*1H2;;;;;. The quantitative estimate of drug-likeness (QED) is 0.366. The zero-order valence-electron chi connectivity index (χ0n) is 6.00. The summed E-state index contributed by atoms with van der Waals surface area (Å²) in [6.07, 6.45) is 0. The van der Waals surface area contributed by atoms with Gasteiger partial charge in [-0.1, -0.05) is 0 Å². The van der Waals surface area contributed by atoms with Crippen LogP contribution in [0.3, 0.4) is 0 Å². The first kappa shape index (κ1) is 288. The molecule has 0 aliphatic rings. The van der Waals surface area contributed by atoms with Crippen LogP contribution in [0.4, 0.5) is 0 Å². The minimum atomic E-state index is 0. The van der Waals surface area contributed by atoms with Crippen molar-refractivity contribution in [3.05, 3.63) is 0 Å². The maximum Gasteiger partial charge on any atom is 0 e. The molecule has 0 bridgehead atoms. The molecule has 0 saturated carbocycles. The molecule has 12 heteroatoms. The van der Waals surface area contributed by atoms with Gasteiger partial charge in [0.05, 0.1) is 0 Å². The van der Waals surface area contributed by atoms with Crippen molar-refractivity contribution < 1.29 is 147 Å². The Kier molecular flexibility index (Phi) is 5600. The van der Waals surface area contributed by atoms with Crippen molar-refractivity contribution in [2.45, 2.75) is 0 Å². The molecule has 12 heavy (non-hydrogen) atoms. The molecule has 0 unspecified atom stereocenters. The van der Waals surface area contributed by atoms with Crippen molar-refractivity contribution in [1.29, 1.82) is 0 Å². The van der Waals surface area contributed by atoms with Gasteiger partial charge >= 0.3 is 0 Å². The van der Waals surface area contributed by atoms with Gasteiger partial charge < -0.3 is 38.3 Å². The van der Waals surface area contributed by atoms with Crippen LogP contribution in [0.25, 0.3) is 0 Å². The third kappa shape index (κ3) is 185. The molecule has 0 aliphatic heterocycles. The molecule has 0 radical (unpaired) electrons. The Balaban J connectivity index is 0. The van der Waals surface area contributed by atoms with E-state index in [1.54, 1.807) is 0 Å². The van der Waals surface area contributed by atoms with Crippen LogP contribution in [-0.2, 0) is 109 Å². The molecule has 0 aliphatic carbocycles. The van der Waals surface area contributed by atoms with E-state index >= 15 is 0 Å². The van der Waals surface area contributed by atoms with E-state index in [1.165, 1.54) is 0 Å². The summed E-state index contributed by atoms with van der Waals surface area (Å²) >= 11 is 0. The number of hydrogen-bond donors (Lipinski definition) is 0. The zero-order chi connectivity index (χ0) is 0. The Bertz CT molecular complexity index is 11.8. The SMILES string of the molecule is O.O.O.O.O.O.O.[Ti].[Ti].[Ti].[Ti].[Ti]. The van der Waals surface area contributed by atoms with E-state index < -0.39 is 0 Å². The van der Waals surface area contributed by atoms with Gasteiger partial charge in [-0.3, -0.25) is 0 Å². The molecule has 76 valence electrons. The van der Waals surface area contributed by atoms with Gasteiger partial charge in [0.25, 0.3) is 0 Å². The van der Waals surface area contributed by atoms with Crippen molar-refractivity contribution in [3.8, 4) is 0 Å². The molecule has 0 aromatic rings. The first-order valence-electron chi connectivity index (χ1n) is 0. The van der Waals surface area contributed by atoms with Crippen LogP contribution in [0.15, 0.2) is 0 Å². The van der Waals surface area contributed by atoms with E-state index in [0.29, 0.717) is 0 Å². The minimum Gasteiger partial charge on any atom is -0.412 e. The largest absolute Gasteiger partial charge is 0.412 e. The van der Waals surface area contributed by atoms with Crippen molar-refractivity contribution in [2.75, 3.05) is 0 Å². The molecule has 0 atom stereocenters. The van der Waals surface area contributed by atoms with E-state index in [9.17, 15) is 0 Å². The third-order valence-corrected chi connectivity index (χ3v) is 0. The maximum atomic E-state index is 0. The Morgan fingerprint density at radius 3 is 0.167 bits per heavy atom. The van der Waals surface area contributed by atoms with Gasteiger partial charge in [0.2, 0.25) is 0 Å². The smallest absolute Gasteiger partial charge is 0 e. The van der Waals surface area contributed by atoms with Gasteiger partial charge in [0, 0.05) is 109 Å². The van der Waals surface area contributed by atoms with Crippen molar-refractivity contribution in [2.24, 2.45) is 0 Å². The van der Waals surface area contributed by atoms with Crippen LogP contribution < -0.4 is 0 Å². The van der Waals surface area contributed by atoms with Crippen molar-refractivity contribution in [1.82, 2.24) is 0 Å². The first-order valence-corrected chi connectivity index (χ1v) is 0. The van der Waals surface area contributed by atoms with Crippen LogP contribution in [-0.4, -0.2) is 38.3 Å². The molecule has 0 rings (SSSR count). The first-order chi connectivity index (χ1) is 0. The molecule has 0 aromatic heterocycles. The minimum absolute atomic E-state index is 0. The second-order valence-electron chi connectivity index (χ2n) is 0. The average Bonchev–Trinajstić information content (AvgIpc) is 0. The molecule has 0 saturated heterocycles. The van der Waals surface area contributed by atoms with Crippen LogP contribution in [0.2, 0.25) is 0 Å². The normalized spacial score (nSPS) is 0. The predicted molar refractivity (Wildman–Crippen MR) is 25.3 cm³/mol. The van der Waals surface area contributed by atoms with Crippen molar-refractivity contribution in [3.63, 3.8) is 0 Å². The Morgan fingerprint density at radius 2 is 0.167 bits per heavy atom. The van der Waals surface area contributed by atoms with Gasteiger partial charge in [0.15, 0.2) is 0 Å². The van der Waals surface area contributed by atoms with Gasteiger partial charge in [-0.2, -0.15) is 0 Å². The number of rotatable bonds is 0. The average molecular weight is 365 g/mol. The van der Waals surface area contributed by atoms with Gasteiger partial charge in [-0.05, 0) is 0 Å². The summed E-state index contributed by atoms with van der Waals surface area (Å²) in [6.45, 7) is 0. The fourth-order valence-corrected chi connectivity index (χ4v) is 0. The Hall–Kier alpha value is 3.29. The second kappa shape index (κ2) is 233. The topological polar surface area (TPSA) is 220 Å². The molecule has 0 heterocycles. The van der Waals surface area contributed by atoms with E-state index in [1.807, 2.05) is 0 Å². The molecule has 0 fully saturated rings. The Morgan fingerprint density at radius 1 is 0.167 bits per heavy atom. The van der Waals surface area contributed by atoms with Gasteiger partial charge in [-0.15, -0.1) is 0 Å². The van der Waals surface area contributed by atoms with E-state index in [4.69, 9.17) is 0 Å². The second-order valence-corrected chi connectivity index (χ2v) is 0. The molecule has 0 amide bonds. The van der Waals surface area contributed by atoms with E-state index in [2.05, 4.69) is 0 Å². The molecule has 14 N–H and O–H groups in total. The third-order valence-electron chi connectivity index (χ3n) is 0. The summed E-state index contributed by atoms with van der Waals surface area (Å²) < 4.78 is 0. The fraction of sp³-hybridized carbons (Fsp3) is 0. The fourth-order valence-electron chi connectivity index (χ4n) is 0. The van der Waals surface area contributed by atoms with E-state index in [-0.39, 0.29) is 147 Å². The molecular weight excluding hydrogens is 351 g/mol. The summed E-state index contributed by atoms with van der Waals surface area (Å²) in [4.78, 5) is 0. The predicted octanol–water partition coefficient (Wildman–Crippen LogP) is -5.79. The molecule has 0 aromatic carbocycles. The van der Waals surface area contributed by atoms with Crippen LogP contribution >= 0.6 is 0 Å². The molecule has 7 nitrogen and oxygen atoms in total. The number of hydrogen-bond acceptors (Lipinski definition) is 0. The monoisotopic (exact) mass is 366 g/mol. The molecular formula is H14O7Ti5. The van der Waals surface area contributed by atoms with Gasteiger partial charge in [-0.25, -0.2) is 0 Å².